The minimum atomic E-state index is -0.497. The van der Waals surface area contributed by atoms with Gasteiger partial charge in [-0.1, -0.05) is 18.2 Å². The summed E-state index contributed by atoms with van der Waals surface area (Å²) in [6.07, 6.45) is 1.55. The molecule has 0 saturated carbocycles. The van der Waals surface area contributed by atoms with Gasteiger partial charge >= 0.3 is 5.97 Å². The second-order valence-corrected chi connectivity index (χ2v) is 9.20. The van der Waals surface area contributed by atoms with Gasteiger partial charge in [-0.3, -0.25) is 10.1 Å². The van der Waals surface area contributed by atoms with Crippen molar-refractivity contribution in [2.45, 2.75) is 0 Å². The highest BCUT2D eigenvalue weighted by molar-refractivity contribution is 6.08. The number of rotatable bonds is 10. The summed E-state index contributed by atoms with van der Waals surface area (Å²) in [6.45, 7) is 1.31. The van der Waals surface area contributed by atoms with E-state index in [9.17, 15) is 14.9 Å². The summed E-state index contributed by atoms with van der Waals surface area (Å²) in [7, 11) is 10.3. The molecule has 0 amide bonds. The van der Waals surface area contributed by atoms with Crippen molar-refractivity contribution in [3.63, 3.8) is 0 Å². The summed E-state index contributed by atoms with van der Waals surface area (Å²) in [5.74, 6) is 0.0716. The Hall–Kier alpha value is -4.71. The number of nitro benzene ring substituents is 1. The summed E-state index contributed by atoms with van der Waals surface area (Å²) in [5.41, 5.74) is 2.95. The SMILES string of the molecule is COC(=O)c1c(-c2ccnc(Nc3cc([N+](=O)[O-])c(N(C)CCN(C)C)cc3OC)n2)c2ccccc2n1C. The number of anilines is 3. The average molecular weight is 534 g/mol. The lowest BCUT2D eigenvalue weighted by molar-refractivity contribution is -0.384. The number of esters is 1. The molecule has 2 heterocycles. The predicted octanol–water partition coefficient (Wildman–Crippen LogP) is 4.08. The zero-order chi connectivity index (χ0) is 28.3. The third-order valence-electron chi connectivity index (χ3n) is 6.43. The number of likely N-dealkylation sites (N-methyl/N-ethyl adjacent to an activating group) is 2. The highest BCUT2D eigenvalue weighted by Gasteiger charge is 2.25. The third-order valence-corrected chi connectivity index (χ3v) is 6.43. The van der Waals surface area contributed by atoms with Crippen molar-refractivity contribution in [3.8, 4) is 17.0 Å². The summed E-state index contributed by atoms with van der Waals surface area (Å²) in [6, 6.07) is 12.3. The highest BCUT2D eigenvalue weighted by Crippen LogP contribution is 2.39. The van der Waals surface area contributed by atoms with E-state index in [2.05, 4.69) is 15.3 Å². The maximum Gasteiger partial charge on any atom is 0.355 e. The molecule has 0 saturated heterocycles. The molecule has 0 radical (unpaired) electrons. The van der Waals surface area contributed by atoms with E-state index >= 15 is 0 Å². The van der Waals surface area contributed by atoms with E-state index in [1.165, 1.54) is 20.3 Å². The fourth-order valence-electron chi connectivity index (χ4n) is 4.41. The van der Waals surface area contributed by atoms with Crippen molar-refractivity contribution >= 4 is 39.9 Å². The predicted molar refractivity (Wildman–Crippen MR) is 150 cm³/mol. The summed E-state index contributed by atoms with van der Waals surface area (Å²) in [5, 5.41) is 15.9. The topological polar surface area (TPSA) is 128 Å². The molecule has 4 rings (SSSR count). The minimum Gasteiger partial charge on any atom is -0.494 e. The van der Waals surface area contributed by atoms with Gasteiger partial charge in [0.2, 0.25) is 5.95 Å². The van der Waals surface area contributed by atoms with E-state index < -0.39 is 10.9 Å². The Morgan fingerprint density at radius 1 is 1.13 bits per heavy atom. The van der Waals surface area contributed by atoms with Gasteiger partial charge in [-0.05, 0) is 26.2 Å². The van der Waals surface area contributed by atoms with Gasteiger partial charge in [-0.15, -0.1) is 0 Å². The van der Waals surface area contributed by atoms with Crippen molar-refractivity contribution < 1.29 is 19.2 Å². The number of carbonyl (C=O) groups is 1. The number of hydrogen-bond donors (Lipinski definition) is 1. The van der Waals surface area contributed by atoms with E-state index in [0.29, 0.717) is 40.6 Å². The fourth-order valence-corrected chi connectivity index (χ4v) is 4.41. The summed E-state index contributed by atoms with van der Waals surface area (Å²) < 4.78 is 12.4. The molecule has 0 spiro atoms. The van der Waals surface area contributed by atoms with E-state index in [-0.39, 0.29) is 11.6 Å². The van der Waals surface area contributed by atoms with Crippen molar-refractivity contribution in [2.24, 2.45) is 7.05 Å². The molecule has 12 heteroatoms. The highest BCUT2D eigenvalue weighted by atomic mass is 16.6. The Morgan fingerprint density at radius 2 is 1.87 bits per heavy atom. The van der Waals surface area contributed by atoms with Gasteiger partial charge in [0, 0.05) is 62.0 Å². The first-order valence-electron chi connectivity index (χ1n) is 12.1. The quantitative estimate of drug-likeness (QED) is 0.181. The number of methoxy groups -OCH3 is 2. The number of fused-ring (bicyclic) bond motifs is 1. The molecule has 2 aromatic heterocycles. The smallest absolute Gasteiger partial charge is 0.355 e. The summed E-state index contributed by atoms with van der Waals surface area (Å²) in [4.78, 5) is 37.1. The normalized spacial score (nSPS) is 11.1. The van der Waals surface area contributed by atoms with Crippen LogP contribution in [0.4, 0.5) is 23.0 Å². The number of para-hydroxylation sites is 1. The van der Waals surface area contributed by atoms with E-state index in [0.717, 1.165) is 17.4 Å². The molecule has 0 fully saturated rings. The number of aromatic nitrogens is 3. The van der Waals surface area contributed by atoms with Crippen LogP contribution >= 0.6 is 0 Å². The van der Waals surface area contributed by atoms with Crippen molar-refractivity contribution in [1.29, 1.82) is 0 Å². The Morgan fingerprint density at radius 3 is 2.54 bits per heavy atom. The molecule has 0 aliphatic heterocycles. The molecular formula is C27H31N7O5. The van der Waals surface area contributed by atoms with Gasteiger partial charge in [0.1, 0.15) is 17.1 Å². The molecule has 2 aromatic carbocycles. The Labute approximate surface area is 225 Å². The maximum atomic E-state index is 12.7. The first kappa shape index (κ1) is 27.3. The second-order valence-electron chi connectivity index (χ2n) is 9.20. The van der Waals surface area contributed by atoms with E-state index in [1.54, 1.807) is 37.0 Å². The van der Waals surface area contributed by atoms with Gasteiger partial charge in [0.05, 0.1) is 30.5 Å². The molecular weight excluding hydrogens is 502 g/mol. The number of carbonyl (C=O) groups excluding carboxylic acids is 1. The molecule has 1 N–H and O–H groups in total. The largest absolute Gasteiger partial charge is 0.494 e. The minimum absolute atomic E-state index is 0.0854. The number of nitrogens with zero attached hydrogens (tertiary/aromatic N) is 6. The lowest BCUT2D eigenvalue weighted by Gasteiger charge is -2.22. The lowest BCUT2D eigenvalue weighted by atomic mass is 10.1. The molecule has 39 heavy (non-hydrogen) atoms. The number of benzene rings is 2. The Bertz CT molecular complexity index is 1530. The number of aryl methyl sites for hydroxylation is 1. The average Bonchev–Trinajstić information content (AvgIpc) is 3.23. The molecule has 0 unspecified atom stereocenters. The van der Waals surface area contributed by atoms with Crippen LogP contribution in [0.25, 0.3) is 22.2 Å². The van der Waals surface area contributed by atoms with Crippen LogP contribution in [0.1, 0.15) is 10.5 Å². The van der Waals surface area contributed by atoms with Gasteiger partial charge in [0.25, 0.3) is 5.69 Å². The molecule has 0 bridgehead atoms. The van der Waals surface area contributed by atoms with E-state index in [4.69, 9.17) is 9.47 Å². The molecule has 0 atom stereocenters. The zero-order valence-corrected chi connectivity index (χ0v) is 22.8. The fraction of sp³-hybridized carbons (Fsp3) is 0.296. The van der Waals surface area contributed by atoms with Crippen LogP contribution in [0.3, 0.4) is 0 Å². The molecule has 204 valence electrons. The number of hydrogen-bond acceptors (Lipinski definition) is 10. The van der Waals surface area contributed by atoms with Crippen LogP contribution < -0.4 is 15.0 Å². The monoisotopic (exact) mass is 533 g/mol. The van der Waals surface area contributed by atoms with Crippen LogP contribution in [0.15, 0.2) is 48.7 Å². The van der Waals surface area contributed by atoms with Crippen molar-refractivity contribution in [3.05, 3.63) is 64.5 Å². The third kappa shape index (κ3) is 5.46. The molecule has 0 aliphatic rings. The van der Waals surface area contributed by atoms with Crippen LogP contribution in [-0.2, 0) is 11.8 Å². The molecule has 4 aromatic rings. The summed E-state index contributed by atoms with van der Waals surface area (Å²) >= 11 is 0. The molecule has 12 nitrogen and oxygen atoms in total. The first-order chi connectivity index (χ1) is 18.7. The lowest BCUT2D eigenvalue weighted by Crippen LogP contribution is -2.28. The number of nitrogens with one attached hydrogen (secondary N) is 1. The number of ether oxygens (including phenoxy) is 2. The van der Waals surface area contributed by atoms with Crippen molar-refractivity contribution in [2.75, 3.05) is 58.7 Å². The zero-order valence-electron chi connectivity index (χ0n) is 22.8. The van der Waals surface area contributed by atoms with E-state index in [1.807, 2.05) is 48.2 Å². The van der Waals surface area contributed by atoms with Crippen LogP contribution in [0, 0.1) is 10.1 Å². The van der Waals surface area contributed by atoms with Crippen molar-refractivity contribution in [1.82, 2.24) is 19.4 Å². The van der Waals surface area contributed by atoms with Crippen LogP contribution in [-0.4, -0.2) is 78.8 Å². The first-order valence-corrected chi connectivity index (χ1v) is 12.1. The standard InChI is InChI=1S/C27H31N7O5/c1-31(2)13-14-32(3)21-16-23(38-5)19(15-22(21)34(36)37)30-27-28-12-11-18(29-27)24-17-9-7-8-10-20(17)33(4)25(24)26(35)39-6/h7-12,15-16H,13-14H2,1-6H3,(H,28,29,30). The van der Waals surface area contributed by atoms with Crippen LogP contribution in [0.5, 0.6) is 5.75 Å². The Balaban J connectivity index is 1.77. The van der Waals surface area contributed by atoms with Gasteiger partial charge in [-0.25, -0.2) is 14.8 Å². The Kier molecular flexibility index (Phi) is 7.96. The van der Waals surface area contributed by atoms with Gasteiger partial charge in [-0.2, -0.15) is 0 Å². The second kappa shape index (κ2) is 11.4. The molecule has 0 aliphatic carbocycles. The maximum absolute atomic E-state index is 12.7. The number of nitro groups is 1. The van der Waals surface area contributed by atoms with Gasteiger partial charge in [0.15, 0.2) is 0 Å². The van der Waals surface area contributed by atoms with Gasteiger partial charge < -0.3 is 29.2 Å². The van der Waals surface area contributed by atoms with Crippen LogP contribution in [0.2, 0.25) is 0 Å².